The molecule has 1 aliphatic heterocycles. The SMILES string of the molecule is CC1CN(C(=O)C=Cc2ccnn2C)CC(C)N1.Cl. The zero-order valence-electron chi connectivity index (χ0n) is 11.5. The Bertz CT molecular complexity index is 447. The van der Waals surface area contributed by atoms with Gasteiger partial charge in [-0.05, 0) is 26.0 Å². The van der Waals surface area contributed by atoms with Crippen LogP contribution in [0.15, 0.2) is 18.3 Å². The molecule has 0 bridgehead atoms. The zero-order chi connectivity index (χ0) is 13.1. The van der Waals surface area contributed by atoms with Crippen LogP contribution in [0.3, 0.4) is 0 Å². The van der Waals surface area contributed by atoms with Crippen LogP contribution in [0.4, 0.5) is 0 Å². The highest BCUT2D eigenvalue weighted by atomic mass is 35.5. The number of nitrogens with one attached hydrogen (secondary N) is 1. The van der Waals surface area contributed by atoms with Gasteiger partial charge in [0.2, 0.25) is 5.91 Å². The topological polar surface area (TPSA) is 50.2 Å². The standard InChI is InChI=1S/C13H20N4O.ClH/c1-10-8-17(9-11(2)15-10)13(18)5-4-12-6-7-14-16(12)3;/h4-7,10-11,15H,8-9H2,1-3H3;1H. The first-order valence-corrected chi connectivity index (χ1v) is 6.27. The van der Waals surface area contributed by atoms with Crippen LogP contribution in [0.5, 0.6) is 0 Å². The Kier molecular flexibility index (Phi) is 5.57. The van der Waals surface area contributed by atoms with E-state index in [0.717, 1.165) is 18.8 Å². The fourth-order valence-corrected chi connectivity index (χ4v) is 2.32. The molecule has 0 saturated carbocycles. The third kappa shape index (κ3) is 4.08. The molecule has 19 heavy (non-hydrogen) atoms. The Balaban J connectivity index is 0.00000180. The molecule has 106 valence electrons. The van der Waals surface area contributed by atoms with E-state index in [1.807, 2.05) is 24.1 Å². The van der Waals surface area contributed by atoms with Gasteiger partial charge in [0.1, 0.15) is 0 Å². The molecule has 1 N–H and O–H groups in total. The molecule has 2 heterocycles. The predicted molar refractivity (Wildman–Crippen MR) is 78.1 cm³/mol. The van der Waals surface area contributed by atoms with Gasteiger partial charge in [0, 0.05) is 44.5 Å². The van der Waals surface area contributed by atoms with E-state index in [2.05, 4.69) is 24.3 Å². The van der Waals surface area contributed by atoms with Crippen LogP contribution < -0.4 is 5.32 Å². The number of carbonyl (C=O) groups excluding carboxylic acids is 1. The number of aromatic nitrogens is 2. The summed E-state index contributed by atoms with van der Waals surface area (Å²) in [5, 5.41) is 7.47. The van der Waals surface area contributed by atoms with Crippen molar-refractivity contribution < 1.29 is 4.79 Å². The number of halogens is 1. The lowest BCUT2D eigenvalue weighted by atomic mass is 10.1. The maximum atomic E-state index is 12.1. The molecule has 0 spiro atoms. The molecule has 0 aromatic carbocycles. The number of nitrogens with zero attached hydrogens (tertiary/aromatic N) is 3. The van der Waals surface area contributed by atoms with Crippen molar-refractivity contribution in [2.24, 2.45) is 7.05 Å². The highest BCUT2D eigenvalue weighted by Crippen LogP contribution is 2.06. The van der Waals surface area contributed by atoms with E-state index in [9.17, 15) is 4.79 Å². The summed E-state index contributed by atoms with van der Waals surface area (Å²) in [6, 6.07) is 2.58. The number of carbonyl (C=O) groups is 1. The van der Waals surface area contributed by atoms with E-state index in [4.69, 9.17) is 0 Å². The van der Waals surface area contributed by atoms with Crippen LogP contribution >= 0.6 is 12.4 Å². The highest BCUT2D eigenvalue weighted by Gasteiger charge is 2.23. The lowest BCUT2D eigenvalue weighted by Crippen LogP contribution is -2.55. The number of amides is 1. The van der Waals surface area contributed by atoms with E-state index < -0.39 is 0 Å². The fourth-order valence-electron chi connectivity index (χ4n) is 2.32. The first kappa shape index (κ1) is 15.7. The Morgan fingerprint density at radius 1 is 1.42 bits per heavy atom. The molecule has 0 aliphatic carbocycles. The minimum atomic E-state index is 0. The molecule has 1 amide bonds. The van der Waals surface area contributed by atoms with Crippen LogP contribution in [0.1, 0.15) is 19.5 Å². The minimum Gasteiger partial charge on any atom is -0.336 e. The maximum Gasteiger partial charge on any atom is 0.246 e. The summed E-state index contributed by atoms with van der Waals surface area (Å²) in [5.41, 5.74) is 0.930. The molecule has 6 heteroatoms. The molecule has 2 rings (SSSR count). The van der Waals surface area contributed by atoms with Crippen LogP contribution in [0.2, 0.25) is 0 Å². The molecule has 1 aromatic heterocycles. The largest absolute Gasteiger partial charge is 0.336 e. The molecular formula is C13H21ClN4O. The Morgan fingerprint density at radius 2 is 2.05 bits per heavy atom. The van der Waals surface area contributed by atoms with Crippen molar-refractivity contribution in [3.05, 3.63) is 24.0 Å². The summed E-state index contributed by atoms with van der Waals surface area (Å²) in [4.78, 5) is 14.0. The quantitative estimate of drug-likeness (QED) is 0.827. The van der Waals surface area contributed by atoms with Gasteiger partial charge in [-0.25, -0.2) is 0 Å². The second kappa shape index (κ2) is 6.73. The smallest absolute Gasteiger partial charge is 0.246 e. The lowest BCUT2D eigenvalue weighted by molar-refractivity contribution is -0.127. The van der Waals surface area contributed by atoms with E-state index in [1.54, 1.807) is 17.0 Å². The number of hydrogen-bond donors (Lipinski definition) is 1. The Morgan fingerprint density at radius 3 is 2.58 bits per heavy atom. The van der Waals surface area contributed by atoms with Crippen molar-refractivity contribution in [3.63, 3.8) is 0 Å². The maximum absolute atomic E-state index is 12.1. The van der Waals surface area contributed by atoms with E-state index in [1.165, 1.54) is 0 Å². The van der Waals surface area contributed by atoms with Crippen molar-refractivity contribution in [2.45, 2.75) is 25.9 Å². The summed E-state index contributed by atoms with van der Waals surface area (Å²) in [6.07, 6.45) is 5.16. The van der Waals surface area contributed by atoms with Crippen molar-refractivity contribution >= 4 is 24.4 Å². The Labute approximate surface area is 120 Å². The Hall–Kier alpha value is -1.33. The molecule has 1 aliphatic rings. The molecule has 1 fully saturated rings. The molecular weight excluding hydrogens is 264 g/mol. The summed E-state index contributed by atoms with van der Waals surface area (Å²) >= 11 is 0. The predicted octanol–water partition coefficient (Wildman–Crippen LogP) is 1.06. The number of hydrogen-bond acceptors (Lipinski definition) is 3. The van der Waals surface area contributed by atoms with Gasteiger partial charge >= 0.3 is 0 Å². The molecule has 0 radical (unpaired) electrons. The van der Waals surface area contributed by atoms with Crippen molar-refractivity contribution in [1.82, 2.24) is 20.0 Å². The molecule has 5 nitrogen and oxygen atoms in total. The summed E-state index contributed by atoms with van der Waals surface area (Å²) in [5.74, 6) is 0.0661. The minimum absolute atomic E-state index is 0. The molecule has 1 aromatic rings. The van der Waals surface area contributed by atoms with Gasteiger partial charge in [-0.3, -0.25) is 9.48 Å². The van der Waals surface area contributed by atoms with E-state index >= 15 is 0 Å². The third-order valence-electron chi connectivity index (χ3n) is 3.12. The normalized spacial score (nSPS) is 23.4. The van der Waals surface area contributed by atoms with Crippen LogP contribution in [0, 0.1) is 0 Å². The summed E-state index contributed by atoms with van der Waals surface area (Å²) in [7, 11) is 1.86. The van der Waals surface area contributed by atoms with Gasteiger partial charge in [-0.15, -0.1) is 12.4 Å². The van der Waals surface area contributed by atoms with Crippen molar-refractivity contribution in [3.8, 4) is 0 Å². The van der Waals surface area contributed by atoms with Gasteiger partial charge in [-0.1, -0.05) is 0 Å². The monoisotopic (exact) mass is 284 g/mol. The van der Waals surface area contributed by atoms with Crippen molar-refractivity contribution in [1.29, 1.82) is 0 Å². The molecule has 2 unspecified atom stereocenters. The second-order valence-corrected chi connectivity index (χ2v) is 4.92. The van der Waals surface area contributed by atoms with E-state index in [-0.39, 0.29) is 18.3 Å². The van der Waals surface area contributed by atoms with Gasteiger partial charge in [-0.2, -0.15) is 5.10 Å². The molecule has 1 saturated heterocycles. The van der Waals surface area contributed by atoms with E-state index in [0.29, 0.717) is 12.1 Å². The fraction of sp³-hybridized carbons (Fsp3) is 0.538. The number of rotatable bonds is 2. The third-order valence-corrected chi connectivity index (χ3v) is 3.12. The highest BCUT2D eigenvalue weighted by molar-refractivity contribution is 5.91. The average Bonchev–Trinajstić information content (AvgIpc) is 2.70. The molecule has 2 atom stereocenters. The van der Waals surface area contributed by atoms with Crippen molar-refractivity contribution in [2.75, 3.05) is 13.1 Å². The summed E-state index contributed by atoms with van der Waals surface area (Å²) in [6.45, 7) is 5.72. The zero-order valence-corrected chi connectivity index (χ0v) is 12.4. The van der Waals surface area contributed by atoms with Gasteiger partial charge in [0.15, 0.2) is 0 Å². The lowest BCUT2D eigenvalue weighted by Gasteiger charge is -2.35. The number of aryl methyl sites for hydroxylation is 1. The van der Waals surface area contributed by atoms with Crippen LogP contribution in [-0.2, 0) is 11.8 Å². The van der Waals surface area contributed by atoms with Gasteiger partial charge in [0.05, 0.1) is 5.69 Å². The van der Waals surface area contributed by atoms with Crippen LogP contribution in [0.25, 0.3) is 6.08 Å². The van der Waals surface area contributed by atoms with Gasteiger partial charge in [0.25, 0.3) is 0 Å². The van der Waals surface area contributed by atoms with Gasteiger partial charge < -0.3 is 10.2 Å². The van der Waals surface area contributed by atoms with Crippen LogP contribution in [-0.4, -0.2) is 45.8 Å². The number of piperazine rings is 1. The average molecular weight is 285 g/mol. The summed E-state index contributed by atoms with van der Waals surface area (Å²) < 4.78 is 1.74. The second-order valence-electron chi connectivity index (χ2n) is 4.92. The first-order valence-electron chi connectivity index (χ1n) is 6.27. The first-order chi connectivity index (χ1) is 8.56.